The van der Waals surface area contributed by atoms with Crippen molar-refractivity contribution in [3.63, 3.8) is 0 Å². The molecule has 1 atom stereocenters. The van der Waals surface area contributed by atoms with Gasteiger partial charge in [-0.25, -0.2) is 8.42 Å². The summed E-state index contributed by atoms with van der Waals surface area (Å²) in [5.74, 6) is 0.0907. The van der Waals surface area contributed by atoms with Crippen LogP contribution in [0.1, 0.15) is 19.4 Å². The van der Waals surface area contributed by atoms with E-state index in [1.165, 1.54) is 19.1 Å². The van der Waals surface area contributed by atoms with Gasteiger partial charge in [-0.2, -0.15) is 4.72 Å². The average Bonchev–Trinajstić information content (AvgIpc) is 2.58. The number of sulfonamides is 1. The summed E-state index contributed by atoms with van der Waals surface area (Å²) < 4.78 is 32.5. The third-order valence-electron chi connectivity index (χ3n) is 3.61. The monoisotopic (exact) mass is 396 g/mol. The number of hydrogen-bond donors (Lipinski definition) is 2. The van der Waals surface area contributed by atoms with Gasteiger partial charge in [0.2, 0.25) is 15.9 Å². The zero-order chi connectivity index (χ0) is 19.3. The van der Waals surface area contributed by atoms with E-state index in [1.807, 2.05) is 13.8 Å². The van der Waals surface area contributed by atoms with Gasteiger partial charge >= 0.3 is 0 Å². The maximum absolute atomic E-state index is 12.4. The summed E-state index contributed by atoms with van der Waals surface area (Å²) in [6.07, 6.45) is 0. The molecule has 140 valence electrons. The van der Waals surface area contributed by atoms with Crippen molar-refractivity contribution >= 4 is 33.2 Å². The summed E-state index contributed by atoms with van der Waals surface area (Å²) in [7, 11) is -3.84. The van der Waals surface area contributed by atoms with E-state index in [4.69, 9.17) is 16.3 Å². The number of benzene rings is 2. The third kappa shape index (κ3) is 5.20. The van der Waals surface area contributed by atoms with Crippen LogP contribution >= 0.6 is 11.6 Å². The van der Waals surface area contributed by atoms with Crippen LogP contribution < -0.4 is 14.8 Å². The lowest BCUT2D eigenvalue weighted by molar-refractivity contribution is -0.117. The normalized spacial score (nSPS) is 12.5. The highest BCUT2D eigenvalue weighted by Gasteiger charge is 2.22. The predicted octanol–water partition coefficient (Wildman–Crippen LogP) is 3.35. The van der Waals surface area contributed by atoms with E-state index in [1.54, 1.807) is 30.3 Å². The SMILES string of the molecule is CCOc1ccc(S(=O)(=O)N[C@@H](C)C(=O)Nc2ccc(C)c(Cl)c2)cc1. The van der Waals surface area contributed by atoms with Crippen LogP contribution in [0.4, 0.5) is 5.69 Å². The predicted molar refractivity (Wildman–Crippen MR) is 102 cm³/mol. The van der Waals surface area contributed by atoms with Crippen LogP contribution in [0, 0.1) is 6.92 Å². The summed E-state index contributed by atoms with van der Waals surface area (Å²) in [6, 6.07) is 10.1. The number of anilines is 1. The molecule has 2 aromatic rings. The minimum Gasteiger partial charge on any atom is -0.494 e. The molecular formula is C18H21ClN2O4S. The molecule has 2 N–H and O–H groups in total. The van der Waals surface area contributed by atoms with Crippen molar-refractivity contribution in [2.24, 2.45) is 0 Å². The van der Waals surface area contributed by atoms with Crippen LogP contribution in [0.2, 0.25) is 5.02 Å². The van der Waals surface area contributed by atoms with Crippen LogP contribution in [0.5, 0.6) is 5.75 Å². The molecule has 0 saturated heterocycles. The van der Waals surface area contributed by atoms with Gasteiger partial charge in [-0.3, -0.25) is 4.79 Å². The minimum absolute atomic E-state index is 0.0546. The Morgan fingerprint density at radius 3 is 2.42 bits per heavy atom. The van der Waals surface area contributed by atoms with Crippen molar-refractivity contribution < 1.29 is 17.9 Å². The molecule has 0 spiro atoms. The Hall–Kier alpha value is -2.09. The van der Waals surface area contributed by atoms with Crippen LogP contribution in [0.15, 0.2) is 47.4 Å². The fourth-order valence-electron chi connectivity index (χ4n) is 2.16. The number of carbonyl (C=O) groups is 1. The third-order valence-corrected chi connectivity index (χ3v) is 5.57. The Morgan fingerprint density at radius 2 is 1.85 bits per heavy atom. The number of aryl methyl sites for hydroxylation is 1. The van der Waals surface area contributed by atoms with E-state index in [0.29, 0.717) is 23.1 Å². The molecule has 2 rings (SSSR count). The zero-order valence-corrected chi connectivity index (χ0v) is 16.3. The first kappa shape index (κ1) is 20.2. The van der Waals surface area contributed by atoms with Crippen LogP contribution in [-0.4, -0.2) is 27.0 Å². The lowest BCUT2D eigenvalue weighted by Gasteiger charge is -2.15. The first-order chi connectivity index (χ1) is 12.2. The summed E-state index contributed by atoms with van der Waals surface area (Å²) >= 11 is 6.03. The van der Waals surface area contributed by atoms with Crippen LogP contribution in [0.3, 0.4) is 0 Å². The first-order valence-corrected chi connectivity index (χ1v) is 9.91. The van der Waals surface area contributed by atoms with Gasteiger partial charge in [0, 0.05) is 10.7 Å². The summed E-state index contributed by atoms with van der Waals surface area (Å²) in [5.41, 5.74) is 1.38. The Bertz CT molecular complexity index is 883. The molecule has 1 amide bonds. The molecule has 0 saturated carbocycles. The largest absolute Gasteiger partial charge is 0.494 e. The molecule has 2 aromatic carbocycles. The number of carbonyl (C=O) groups excluding carboxylic acids is 1. The smallest absolute Gasteiger partial charge is 0.242 e. The van der Waals surface area contributed by atoms with Gasteiger partial charge < -0.3 is 10.1 Å². The number of halogens is 1. The molecule has 0 aliphatic carbocycles. The Balaban J connectivity index is 2.05. The van der Waals surface area contributed by atoms with E-state index in [-0.39, 0.29) is 4.90 Å². The summed E-state index contributed by atoms with van der Waals surface area (Å²) in [6.45, 7) is 5.65. The standard InChI is InChI=1S/C18H21ClN2O4S/c1-4-25-15-7-9-16(10-8-15)26(23,24)21-13(3)18(22)20-14-6-5-12(2)17(19)11-14/h5-11,13,21H,4H2,1-3H3,(H,20,22)/t13-/m0/s1. The molecule has 8 heteroatoms. The topological polar surface area (TPSA) is 84.5 Å². The molecule has 0 unspecified atom stereocenters. The zero-order valence-electron chi connectivity index (χ0n) is 14.7. The van der Waals surface area contributed by atoms with E-state index >= 15 is 0 Å². The van der Waals surface area contributed by atoms with Gasteiger partial charge in [0.15, 0.2) is 0 Å². The number of ether oxygens (including phenoxy) is 1. The molecule has 0 radical (unpaired) electrons. The van der Waals surface area contributed by atoms with Gasteiger partial charge in [-0.1, -0.05) is 17.7 Å². The molecule has 0 bridgehead atoms. The Kier molecular flexibility index (Phi) is 6.63. The summed E-state index contributed by atoms with van der Waals surface area (Å²) in [4.78, 5) is 12.3. The van der Waals surface area contributed by atoms with E-state index in [0.717, 1.165) is 5.56 Å². The molecule has 0 aliphatic rings. The van der Waals surface area contributed by atoms with Gasteiger partial charge in [0.25, 0.3) is 0 Å². The van der Waals surface area contributed by atoms with E-state index < -0.39 is 22.0 Å². The van der Waals surface area contributed by atoms with Gasteiger partial charge in [0.1, 0.15) is 5.75 Å². The van der Waals surface area contributed by atoms with Crippen molar-refractivity contribution in [1.29, 1.82) is 0 Å². The maximum Gasteiger partial charge on any atom is 0.242 e. The number of nitrogens with one attached hydrogen (secondary N) is 2. The quantitative estimate of drug-likeness (QED) is 0.751. The second kappa shape index (κ2) is 8.53. The fourth-order valence-corrected chi connectivity index (χ4v) is 3.54. The lowest BCUT2D eigenvalue weighted by Crippen LogP contribution is -2.41. The molecule has 0 aromatic heterocycles. The highest BCUT2D eigenvalue weighted by atomic mass is 35.5. The number of hydrogen-bond acceptors (Lipinski definition) is 4. The van der Waals surface area contributed by atoms with E-state index in [2.05, 4.69) is 10.0 Å². The van der Waals surface area contributed by atoms with Crippen molar-refractivity contribution in [3.8, 4) is 5.75 Å². The molecular weight excluding hydrogens is 376 g/mol. The molecule has 6 nitrogen and oxygen atoms in total. The van der Waals surface area contributed by atoms with Gasteiger partial charge in [-0.15, -0.1) is 0 Å². The van der Waals surface area contributed by atoms with Crippen molar-refractivity contribution in [1.82, 2.24) is 4.72 Å². The van der Waals surface area contributed by atoms with Crippen molar-refractivity contribution in [3.05, 3.63) is 53.1 Å². The second-order valence-electron chi connectivity index (χ2n) is 5.70. The fraction of sp³-hybridized carbons (Fsp3) is 0.278. The molecule has 0 aliphatic heterocycles. The summed E-state index contributed by atoms with van der Waals surface area (Å²) in [5, 5.41) is 3.16. The average molecular weight is 397 g/mol. The number of amides is 1. The van der Waals surface area contributed by atoms with Crippen LogP contribution in [0.25, 0.3) is 0 Å². The molecule has 26 heavy (non-hydrogen) atoms. The molecule has 0 fully saturated rings. The van der Waals surface area contributed by atoms with Crippen LogP contribution in [-0.2, 0) is 14.8 Å². The maximum atomic E-state index is 12.4. The van der Waals surface area contributed by atoms with E-state index in [9.17, 15) is 13.2 Å². The molecule has 0 heterocycles. The highest BCUT2D eigenvalue weighted by molar-refractivity contribution is 7.89. The van der Waals surface area contributed by atoms with Crippen molar-refractivity contribution in [2.75, 3.05) is 11.9 Å². The van der Waals surface area contributed by atoms with Gasteiger partial charge in [0.05, 0.1) is 17.5 Å². The minimum atomic E-state index is -3.84. The first-order valence-electron chi connectivity index (χ1n) is 8.05. The van der Waals surface area contributed by atoms with Gasteiger partial charge in [-0.05, 0) is 62.7 Å². The second-order valence-corrected chi connectivity index (χ2v) is 7.82. The Morgan fingerprint density at radius 1 is 1.19 bits per heavy atom. The number of rotatable bonds is 7. The van der Waals surface area contributed by atoms with Crippen molar-refractivity contribution in [2.45, 2.75) is 31.7 Å². The lowest BCUT2D eigenvalue weighted by atomic mass is 10.2. The highest BCUT2D eigenvalue weighted by Crippen LogP contribution is 2.20. The Labute approximate surface area is 158 Å².